The minimum atomic E-state index is -4.49. The standard InChI is InChI=1S/C9H12F3NO4/c10-9(11,12)5-17-4-7(14)13-3-1-2-6(13)8(15)16/h6H,1-5H2,(H,15,16). The number of carboxylic acid groups (broad SMARTS) is 1. The van der Waals surface area contributed by atoms with Gasteiger partial charge in [0.2, 0.25) is 5.91 Å². The number of alkyl halides is 3. The number of rotatable bonds is 4. The monoisotopic (exact) mass is 255 g/mol. The number of carbonyl (C=O) groups is 2. The highest BCUT2D eigenvalue weighted by molar-refractivity contribution is 5.84. The second-order valence-corrected chi connectivity index (χ2v) is 3.69. The van der Waals surface area contributed by atoms with E-state index in [1.54, 1.807) is 0 Å². The second-order valence-electron chi connectivity index (χ2n) is 3.69. The topological polar surface area (TPSA) is 66.8 Å². The van der Waals surface area contributed by atoms with E-state index < -0.39 is 37.3 Å². The summed E-state index contributed by atoms with van der Waals surface area (Å²) in [6, 6.07) is -0.947. The molecule has 0 aromatic rings. The van der Waals surface area contributed by atoms with E-state index in [9.17, 15) is 22.8 Å². The Morgan fingerprint density at radius 2 is 2.06 bits per heavy atom. The SMILES string of the molecule is O=C(O)C1CCCN1C(=O)COCC(F)(F)F. The van der Waals surface area contributed by atoms with Crippen LogP contribution in [0.5, 0.6) is 0 Å². The average Bonchev–Trinajstić information content (AvgIpc) is 2.63. The third-order valence-electron chi connectivity index (χ3n) is 2.35. The maximum absolute atomic E-state index is 11.7. The number of nitrogens with zero attached hydrogens (tertiary/aromatic N) is 1. The maximum Gasteiger partial charge on any atom is 0.411 e. The van der Waals surface area contributed by atoms with E-state index in [0.717, 1.165) is 4.90 Å². The number of hydrogen-bond donors (Lipinski definition) is 1. The largest absolute Gasteiger partial charge is 0.480 e. The van der Waals surface area contributed by atoms with Crippen LogP contribution in [0.2, 0.25) is 0 Å². The first-order valence-electron chi connectivity index (χ1n) is 4.98. The van der Waals surface area contributed by atoms with Crippen LogP contribution in [-0.2, 0) is 14.3 Å². The van der Waals surface area contributed by atoms with Gasteiger partial charge in [-0.2, -0.15) is 13.2 Å². The van der Waals surface area contributed by atoms with Gasteiger partial charge in [0.25, 0.3) is 0 Å². The molecule has 8 heteroatoms. The number of amides is 1. The smallest absolute Gasteiger partial charge is 0.411 e. The first-order chi connectivity index (χ1) is 7.81. The third-order valence-corrected chi connectivity index (χ3v) is 2.35. The fraction of sp³-hybridized carbons (Fsp3) is 0.778. The van der Waals surface area contributed by atoms with Gasteiger partial charge < -0.3 is 14.7 Å². The van der Waals surface area contributed by atoms with Crippen molar-refractivity contribution < 1.29 is 32.6 Å². The molecule has 5 nitrogen and oxygen atoms in total. The average molecular weight is 255 g/mol. The highest BCUT2D eigenvalue weighted by Crippen LogP contribution is 2.18. The predicted molar refractivity (Wildman–Crippen MR) is 49.2 cm³/mol. The van der Waals surface area contributed by atoms with Gasteiger partial charge in [-0.1, -0.05) is 0 Å². The molecular formula is C9H12F3NO4. The van der Waals surface area contributed by atoms with Crippen LogP contribution < -0.4 is 0 Å². The van der Waals surface area contributed by atoms with Gasteiger partial charge in [0.05, 0.1) is 0 Å². The molecule has 1 heterocycles. The van der Waals surface area contributed by atoms with Crippen molar-refractivity contribution in [2.24, 2.45) is 0 Å². The van der Waals surface area contributed by atoms with Crippen molar-refractivity contribution >= 4 is 11.9 Å². The van der Waals surface area contributed by atoms with Gasteiger partial charge in [0.1, 0.15) is 19.3 Å². The molecular weight excluding hydrogens is 243 g/mol. The summed E-state index contributed by atoms with van der Waals surface area (Å²) >= 11 is 0. The third kappa shape index (κ3) is 4.22. The van der Waals surface area contributed by atoms with E-state index in [0.29, 0.717) is 12.8 Å². The molecule has 1 saturated heterocycles. The summed E-state index contributed by atoms with van der Waals surface area (Å²) < 4.78 is 39.4. The van der Waals surface area contributed by atoms with E-state index in [2.05, 4.69) is 4.74 Å². The molecule has 0 bridgehead atoms. The fourth-order valence-electron chi connectivity index (χ4n) is 1.66. The number of hydrogen-bond acceptors (Lipinski definition) is 3. The Balaban J connectivity index is 2.40. The van der Waals surface area contributed by atoms with Crippen molar-refractivity contribution in [2.45, 2.75) is 25.1 Å². The Kier molecular flexibility index (Phi) is 4.33. The number of aliphatic carboxylic acids is 1. The minimum absolute atomic E-state index is 0.241. The molecule has 1 rings (SSSR count). The lowest BCUT2D eigenvalue weighted by Gasteiger charge is -2.21. The molecule has 1 unspecified atom stereocenters. The van der Waals surface area contributed by atoms with Crippen LogP contribution in [0.1, 0.15) is 12.8 Å². The summed E-state index contributed by atoms with van der Waals surface area (Å²) in [5.74, 6) is -1.87. The lowest BCUT2D eigenvalue weighted by Crippen LogP contribution is -2.42. The molecule has 1 N–H and O–H groups in total. The van der Waals surface area contributed by atoms with Crippen LogP contribution in [-0.4, -0.2) is 53.9 Å². The lowest BCUT2D eigenvalue weighted by atomic mass is 10.2. The molecule has 1 fully saturated rings. The number of carbonyl (C=O) groups excluding carboxylic acids is 1. The molecule has 98 valence electrons. The molecule has 0 saturated carbocycles. The van der Waals surface area contributed by atoms with Gasteiger partial charge in [0, 0.05) is 6.54 Å². The van der Waals surface area contributed by atoms with Gasteiger partial charge >= 0.3 is 12.1 Å². The molecule has 0 spiro atoms. The quantitative estimate of drug-likeness (QED) is 0.800. The van der Waals surface area contributed by atoms with Crippen LogP contribution in [0.15, 0.2) is 0 Å². The van der Waals surface area contributed by atoms with Crippen LogP contribution in [0.3, 0.4) is 0 Å². The summed E-state index contributed by atoms with van der Waals surface area (Å²) in [4.78, 5) is 23.2. The van der Waals surface area contributed by atoms with Crippen LogP contribution in [0, 0.1) is 0 Å². The first kappa shape index (κ1) is 13.8. The van der Waals surface area contributed by atoms with Crippen molar-refractivity contribution in [2.75, 3.05) is 19.8 Å². The molecule has 1 atom stereocenters. The van der Waals surface area contributed by atoms with Gasteiger partial charge in [-0.15, -0.1) is 0 Å². The molecule has 17 heavy (non-hydrogen) atoms. The molecule has 0 aromatic heterocycles. The van der Waals surface area contributed by atoms with Crippen molar-refractivity contribution in [1.82, 2.24) is 4.90 Å². The summed E-state index contributed by atoms with van der Waals surface area (Å²) in [6.45, 7) is -2.02. The molecule has 1 amide bonds. The van der Waals surface area contributed by atoms with Crippen molar-refractivity contribution in [3.8, 4) is 0 Å². The van der Waals surface area contributed by atoms with Crippen LogP contribution in [0.4, 0.5) is 13.2 Å². The van der Waals surface area contributed by atoms with E-state index in [4.69, 9.17) is 5.11 Å². The van der Waals surface area contributed by atoms with Crippen molar-refractivity contribution in [3.05, 3.63) is 0 Å². The Hall–Kier alpha value is -1.31. The van der Waals surface area contributed by atoms with Gasteiger partial charge in [-0.05, 0) is 12.8 Å². The lowest BCUT2D eigenvalue weighted by molar-refractivity contribution is -0.178. The normalized spacial score (nSPS) is 20.6. The minimum Gasteiger partial charge on any atom is -0.480 e. The van der Waals surface area contributed by atoms with E-state index >= 15 is 0 Å². The number of likely N-dealkylation sites (tertiary alicyclic amines) is 1. The van der Waals surface area contributed by atoms with E-state index in [1.807, 2.05) is 0 Å². The fourth-order valence-corrected chi connectivity index (χ4v) is 1.66. The molecule has 1 aliphatic rings. The zero-order chi connectivity index (χ0) is 13.1. The number of carboxylic acids is 1. The van der Waals surface area contributed by atoms with Crippen molar-refractivity contribution in [1.29, 1.82) is 0 Å². The number of ether oxygens (including phenoxy) is 1. The molecule has 1 aliphatic heterocycles. The highest BCUT2D eigenvalue weighted by atomic mass is 19.4. The van der Waals surface area contributed by atoms with Gasteiger partial charge in [-0.25, -0.2) is 4.79 Å². The van der Waals surface area contributed by atoms with E-state index in [-0.39, 0.29) is 6.54 Å². The Bertz CT molecular complexity index is 305. The zero-order valence-corrected chi connectivity index (χ0v) is 8.87. The van der Waals surface area contributed by atoms with Crippen LogP contribution >= 0.6 is 0 Å². The summed E-state index contributed by atoms with van der Waals surface area (Å²) in [6.07, 6.45) is -3.64. The van der Waals surface area contributed by atoms with Gasteiger partial charge in [-0.3, -0.25) is 4.79 Å². The number of halogens is 3. The molecule has 0 radical (unpaired) electrons. The summed E-state index contributed by atoms with van der Waals surface area (Å²) in [7, 11) is 0. The Morgan fingerprint density at radius 3 is 2.59 bits per heavy atom. The van der Waals surface area contributed by atoms with Crippen molar-refractivity contribution in [3.63, 3.8) is 0 Å². The highest BCUT2D eigenvalue weighted by Gasteiger charge is 2.34. The first-order valence-corrected chi connectivity index (χ1v) is 4.98. The molecule has 0 aromatic carbocycles. The predicted octanol–water partition coefficient (Wildman–Crippen LogP) is 0.641. The Morgan fingerprint density at radius 1 is 1.41 bits per heavy atom. The van der Waals surface area contributed by atoms with Crippen LogP contribution in [0.25, 0.3) is 0 Å². The molecule has 0 aliphatic carbocycles. The summed E-state index contributed by atoms with van der Waals surface area (Å²) in [5.41, 5.74) is 0. The second kappa shape index (κ2) is 5.35. The van der Waals surface area contributed by atoms with Gasteiger partial charge in [0.15, 0.2) is 0 Å². The maximum atomic E-state index is 11.7. The van der Waals surface area contributed by atoms with E-state index in [1.165, 1.54) is 0 Å². The Labute approximate surface area is 95.1 Å². The zero-order valence-electron chi connectivity index (χ0n) is 8.87. The summed E-state index contributed by atoms with van der Waals surface area (Å²) in [5, 5.41) is 8.77.